The fourth-order valence-corrected chi connectivity index (χ4v) is 1.94. The molecule has 0 spiro atoms. The van der Waals surface area contributed by atoms with Gasteiger partial charge in [0.2, 0.25) is 5.89 Å². The smallest absolute Gasteiger partial charge is 0.200 e. The fourth-order valence-electron chi connectivity index (χ4n) is 1.94. The van der Waals surface area contributed by atoms with Crippen molar-refractivity contribution in [3.63, 3.8) is 0 Å². The lowest BCUT2D eigenvalue weighted by molar-refractivity contribution is 0.350. The molecule has 0 bridgehead atoms. The molecule has 1 fully saturated rings. The van der Waals surface area contributed by atoms with Crippen molar-refractivity contribution in [1.29, 1.82) is 0 Å². The number of nitrogens with zero attached hydrogens (tertiary/aromatic N) is 1. The van der Waals surface area contributed by atoms with Gasteiger partial charge in [-0.1, -0.05) is 0 Å². The van der Waals surface area contributed by atoms with Gasteiger partial charge in [-0.2, -0.15) is 0 Å². The molecule has 0 saturated carbocycles. The first-order chi connectivity index (χ1) is 8.24. The van der Waals surface area contributed by atoms with E-state index in [1.54, 1.807) is 12.1 Å². The molecule has 0 unspecified atom stereocenters. The lowest BCUT2D eigenvalue weighted by Crippen LogP contribution is -2.40. The van der Waals surface area contributed by atoms with E-state index in [1.807, 2.05) is 19.1 Å². The first-order valence-electron chi connectivity index (χ1n) is 5.71. The number of benzene rings is 1. The molecule has 0 aliphatic carbocycles. The molecule has 17 heavy (non-hydrogen) atoms. The van der Waals surface area contributed by atoms with Gasteiger partial charge in [0, 0.05) is 18.7 Å². The summed E-state index contributed by atoms with van der Waals surface area (Å²) >= 11 is 0. The Bertz CT molecular complexity index is 527. The Hall–Kier alpha value is -1.81. The summed E-state index contributed by atoms with van der Waals surface area (Å²) in [5.41, 5.74) is 1.84. The number of phenolic OH excluding ortho intramolecular Hbond substituents is 1. The summed E-state index contributed by atoms with van der Waals surface area (Å²) in [5, 5.41) is 12.5. The molecule has 1 aromatic heterocycles. The number of oxazole rings is 1. The maximum atomic E-state index is 9.26. The van der Waals surface area contributed by atoms with Crippen LogP contribution in [0.15, 0.2) is 28.7 Å². The summed E-state index contributed by atoms with van der Waals surface area (Å²) in [7, 11) is 0. The van der Waals surface area contributed by atoms with Crippen LogP contribution in [0.3, 0.4) is 0 Å². The lowest BCUT2D eigenvalue weighted by atomic mass is 10.0. The number of aryl methyl sites for hydroxylation is 1. The van der Waals surface area contributed by atoms with E-state index >= 15 is 0 Å². The number of phenols is 1. The quantitative estimate of drug-likeness (QED) is 0.829. The summed E-state index contributed by atoms with van der Waals surface area (Å²) < 4.78 is 5.69. The molecule has 4 heteroatoms. The average molecular weight is 230 g/mol. The third-order valence-electron chi connectivity index (χ3n) is 3.08. The Morgan fingerprint density at radius 1 is 1.29 bits per heavy atom. The zero-order valence-corrected chi connectivity index (χ0v) is 9.60. The molecule has 0 atom stereocenters. The first kappa shape index (κ1) is 10.4. The van der Waals surface area contributed by atoms with Crippen molar-refractivity contribution in [3.8, 4) is 17.0 Å². The molecule has 1 saturated heterocycles. The Balaban J connectivity index is 1.96. The van der Waals surface area contributed by atoms with Gasteiger partial charge in [0.1, 0.15) is 17.2 Å². The second kappa shape index (κ2) is 3.89. The highest BCUT2D eigenvalue weighted by Gasteiger charge is 2.25. The molecular weight excluding hydrogens is 216 g/mol. The largest absolute Gasteiger partial charge is 0.508 e. The van der Waals surface area contributed by atoms with Crippen molar-refractivity contribution < 1.29 is 9.52 Å². The molecular formula is C13H14N2O2. The molecule has 2 heterocycles. The van der Waals surface area contributed by atoms with E-state index in [0.29, 0.717) is 5.92 Å². The van der Waals surface area contributed by atoms with Gasteiger partial charge in [-0.3, -0.25) is 0 Å². The first-order valence-corrected chi connectivity index (χ1v) is 5.71. The Morgan fingerprint density at radius 2 is 2.00 bits per heavy atom. The SMILES string of the molecule is Cc1oc(C2CNC2)nc1-c1ccc(O)cc1. The van der Waals surface area contributed by atoms with Gasteiger partial charge >= 0.3 is 0 Å². The van der Waals surface area contributed by atoms with Crippen LogP contribution in [-0.2, 0) is 0 Å². The van der Waals surface area contributed by atoms with E-state index in [4.69, 9.17) is 4.42 Å². The Labute approximate surface area is 99.3 Å². The van der Waals surface area contributed by atoms with Gasteiger partial charge in [0.25, 0.3) is 0 Å². The maximum Gasteiger partial charge on any atom is 0.200 e. The van der Waals surface area contributed by atoms with Crippen molar-refractivity contribution in [2.24, 2.45) is 0 Å². The normalized spacial score (nSPS) is 15.8. The van der Waals surface area contributed by atoms with E-state index in [0.717, 1.165) is 36.0 Å². The third kappa shape index (κ3) is 1.80. The number of rotatable bonds is 2. The highest BCUT2D eigenvalue weighted by Crippen LogP contribution is 2.28. The van der Waals surface area contributed by atoms with Crippen LogP contribution < -0.4 is 5.32 Å². The average Bonchev–Trinajstić information content (AvgIpc) is 2.59. The summed E-state index contributed by atoms with van der Waals surface area (Å²) in [6.07, 6.45) is 0. The zero-order chi connectivity index (χ0) is 11.8. The highest BCUT2D eigenvalue weighted by molar-refractivity contribution is 5.62. The van der Waals surface area contributed by atoms with Crippen molar-refractivity contribution in [1.82, 2.24) is 10.3 Å². The lowest BCUT2D eigenvalue weighted by Gasteiger charge is -2.23. The summed E-state index contributed by atoms with van der Waals surface area (Å²) in [5.74, 6) is 2.31. The molecule has 1 aliphatic heterocycles. The summed E-state index contributed by atoms with van der Waals surface area (Å²) in [6.45, 7) is 3.80. The van der Waals surface area contributed by atoms with Crippen LogP contribution >= 0.6 is 0 Å². The van der Waals surface area contributed by atoms with Crippen LogP contribution in [-0.4, -0.2) is 23.2 Å². The van der Waals surface area contributed by atoms with Gasteiger partial charge in [-0.15, -0.1) is 0 Å². The van der Waals surface area contributed by atoms with Gasteiger partial charge < -0.3 is 14.8 Å². The standard InChI is InChI=1S/C13H14N2O2/c1-8-12(9-2-4-11(16)5-3-9)15-13(17-8)10-6-14-7-10/h2-5,10,14,16H,6-7H2,1H3. The van der Waals surface area contributed by atoms with E-state index in [9.17, 15) is 5.11 Å². The monoisotopic (exact) mass is 230 g/mol. The van der Waals surface area contributed by atoms with Crippen LogP contribution in [0.1, 0.15) is 17.6 Å². The van der Waals surface area contributed by atoms with Crippen LogP contribution in [0.25, 0.3) is 11.3 Å². The summed E-state index contributed by atoms with van der Waals surface area (Å²) in [4.78, 5) is 4.54. The molecule has 2 N–H and O–H groups in total. The van der Waals surface area contributed by atoms with Crippen LogP contribution in [0, 0.1) is 6.92 Å². The Kier molecular flexibility index (Phi) is 2.37. The number of nitrogens with one attached hydrogen (secondary N) is 1. The Morgan fingerprint density at radius 3 is 2.59 bits per heavy atom. The van der Waals surface area contributed by atoms with Gasteiger partial charge in [-0.25, -0.2) is 4.98 Å². The van der Waals surface area contributed by atoms with Crippen LogP contribution in [0.2, 0.25) is 0 Å². The second-order valence-corrected chi connectivity index (χ2v) is 4.36. The maximum absolute atomic E-state index is 9.26. The van der Waals surface area contributed by atoms with E-state index in [2.05, 4.69) is 10.3 Å². The summed E-state index contributed by atoms with van der Waals surface area (Å²) in [6, 6.07) is 7.02. The van der Waals surface area contributed by atoms with Gasteiger partial charge in [0.05, 0.1) is 5.92 Å². The number of hydrogen-bond donors (Lipinski definition) is 2. The molecule has 1 aromatic carbocycles. The minimum atomic E-state index is 0.262. The predicted molar refractivity (Wildman–Crippen MR) is 64.0 cm³/mol. The molecule has 2 aromatic rings. The van der Waals surface area contributed by atoms with Crippen molar-refractivity contribution in [2.75, 3.05) is 13.1 Å². The number of aromatic hydroxyl groups is 1. The van der Waals surface area contributed by atoms with E-state index < -0.39 is 0 Å². The van der Waals surface area contributed by atoms with Gasteiger partial charge in [-0.05, 0) is 31.2 Å². The number of hydrogen-bond acceptors (Lipinski definition) is 4. The minimum absolute atomic E-state index is 0.262. The minimum Gasteiger partial charge on any atom is -0.508 e. The molecule has 4 nitrogen and oxygen atoms in total. The highest BCUT2D eigenvalue weighted by atomic mass is 16.4. The van der Waals surface area contributed by atoms with Crippen molar-refractivity contribution >= 4 is 0 Å². The molecule has 1 aliphatic rings. The number of aromatic nitrogens is 1. The fraction of sp³-hybridized carbons (Fsp3) is 0.308. The second-order valence-electron chi connectivity index (χ2n) is 4.36. The molecule has 3 rings (SSSR count). The van der Waals surface area contributed by atoms with Crippen molar-refractivity contribution in [2.45, 2.75) is 12.8 Å². The van der Waals surface area contributed by atoms with Crippen LogP contribution in [0.4, 0.5) is 0 Å². The molecule has 0 amide bonds. The van der Waals surface area contributed by atoms with E-state index in [-0.39, 0.29) is 5.75 Å². The predicted octanol–water partition coefficient (Wildman–Crippen LogP) is 2.04. The van der Waals surface area contributed by atoms with Gasteiger partial charge in [0.15, 0.2) is 0 Å². The van der Waals surface area contributed by atoms with E-state index in [1.165, 1.54) is 0 Å². The third-order valence-corrected chi connectivity index (χ3v) is 3.08. The zero-order valence-electron chi connectivity index (χ0n) is 9.60. The molecule has 88 valence electrons. The molecule has 0 radical (unpaired) electrons. The topological polar surface area (TPSA) is 58.3 Å². The van der Waals surface area contributed by atoms with Crippen LogP contribution in [0.5, 0.6) is 5.75 Å². The van der Waals surface area contributed by atoms with Crippen molar-refractivity contribution in [3.05, 3.63) is 35.9 Å².